The highest BCUT2D eigenvalue weighted by Gasteiger charge is 2.32. The van der Waals surface area contributed by atoms with Crippen LogP contribution in [0.3, 0.4) is 0 Å². The zero-order valence-corrected chi connectivity index (χ0v) is 29.3. The molecule has 4 N–H and O–H groups in total. The van der Waals surface area contributed by atoms with Crippen LogP contribution in [-0.2, 0) is 37.2 Å². The fourth-order valence-electron chi connectivity index (χ4n) is 5.07. The number of rotatable bonds is 20. The summed E-state index contributed by atoms with van der Waals surface area (Å²) in [5.41, 5.74) is 1.68. The average molecular weight is 664 g/mol. The average Bonchev–Trinajstić information content (AvgIpc) is 3.62. The van der Waals surface area contributed by atoms with E-state index in [-0.39, 0.29) is 55.7 Å². The number of furan rings is 1. The lowest BCUT2D eigenvalue weighted by atomic mass is 9.91. The summed E-state index contributed by atoms with van der Waals surface area (Å²) in [6.07, 6.45) is 3.33. The van der Waals surface area contributed by atoms with Crippen molar-refractivity contribution >= 4 is 35.5 Å². The van der Waals surface area contributed by atoms with Gasteiger partial charge in [-0.1, -0.05) is 34.6 Å². The zero-order chi connectivity index (χ0) is 34.4. The quantitative estimate of drug-likeness (QED) is 0.155. The van der Waals surface area contributed by atoms with E-state index >= 15 is 0 Å². The molecule has 0 aromatic carbocycles. The van der Waals surface area contributed by atoms with Gasteiger partial charge in [-0.3, -0.25) is 19.2 Å². The lowest BCUT2D eigenvalue weighted by Gasteiger charge is -2.30. The zero-order valence-electron chi connectivity index (χ0n) is 28.5. The molecule has 46 heavy (non-hydrogen) atoms. The van der Waals surface area contributed by atoms with Crippen molar-refractivity contribution in [1.82, 2.24) is 25.7 Å². The van der Waals surface area contributed by atoms with Gasteiger partial charge in [-0.25, -0.2) is 4.68 Å². The molecule has 0 radical (unpaired) electrons. The van der Waals surface area contributed by atoms with Crippen molar-refractivity contribution in [2.75, 3.05) is 12.0 Å². The van der Waals surface area contributed by atoms with E-state index < -0.39 is 36.0 Å². The predicted molar refractivity (Wildman–Crippen MR) is 177 cm³/mol. The van der Waals surface area contributed by atoms with Crippen molar-refractivity contribution in [3.05, 3.63) is 41.6 Å². The Hall–Kier alpha value is -3.32. The summed E-state index contributed by atoms with van der Waals surface area (Å²) >= 11 is 1.57. The van der Waals surface area contributed by atoms with Crippen LogP contribution >= 0.6 is 11.8 Å². The fraction of sp³-hybridized carbons (Fsp3) is 0.667. The first-order valence-corrected chi connectivity index (χ1v) is 17.4. The minimum atomic E-state index is -1.03. The fourth-order valence-corrected chi connectivity index (χ4v) is 5.59. The molecule has 3 amide bonds. The third-order valence-electron chi connectivity index (χ3n) is 7.73. The van der Waals surface area contributed by atoms with Crippen LogP contribution < -0.4 is 16.0 Å². The van der Waals surface area contributed by atoms with Crippen LogP contribution in [0.5, 0.6) is 0 Å². The van der Waals surface area contributed by atoms with Gasteiger partial charge < -0.3 is 30.2 Å². The summed E-state index contributed by atoms with van der Waals surface area (Å²) in [6, 6.07) is 3.96. The van der Waals surface area contributed by atoms with E-state index in [4.69, 9.17) is 9.15 Å². The number of nitrogens with zero attached hydrogens (tertiary/aromatic N) is 2. The third kappa shape index (κ3) is 13.2. The third-order valence-corrected chi connectivity index (χ3v) is 8.37. The van der Waals surface area contributed by atoms with E-state index in [0.717, 1.165) is 11.4 Å². The molecule has 0 aliphatic heterocycles. The van der Waals surface area contributed by atoms with Crippen molar-refractivity contribution in [1.29, 1.82) is 0 Å². The Morgan fingerprint density at radius 3 is 2.33 bits per heavy atom. The van der Waals surface area contributed by atoms with E-state index in [1.807, 2.05) is 53.9 Å². The lowest BCUT2D eigenvalue weighted by molar-refractivity contribution is -0.151. The lowest BCUT2D eigenvalue weighted by Crippen LogP contribution is -2.52. The molecule has 258 valence electrons. The van der Waals surface area contributed by atoms with Gasteiger partial charge in [0.25, 0.3) is 0 Å². The first-order valence-electron chi connectivity index (χ1n) is 16.0. The smallest absolute Gasteiger partial charge is 0.308 e. The van der Waals surface area contributed by atoms with Gasteiger partial charge in [0.05, 0.1) is 37.1 Å². The van der Waals surface area contributed by atoms with Gasteiger partial charge in [0.15, 0.2) is 6.73 Å². The number of hydrogen-bond acceptors (Lipinski definition) is 9. The minimum Gasteiger partial charge on any atom is -0.467 e. The van der Waals surface area contributed by atoms with E-state index in [2.05, 4.69) is 21.0 Å². The number of carbonyl (C=O) groups excluding carboxylic acids is 4. The van der Waals surface area contributed by atoms with Gasteiger partial charge in [0, 0.05) is 17.5 Å². The van der Waals surface area contributed by atoms with Gasteiger partial charge in [-0.2, -0.15) is 16.9 Å². The normalized spacial score (nSPS) is 14.8. The number of esters is 1. The molecule has 0 aliphatic carbocycles. The second-order valence-electron chi connectivity index (χ2n) is 12.7. The van der Waals surface area contributed by atoms with Crippen molar-refractivity contribution in [2.45, 2.75) is 106 Å². The van der Waals surface area contributed by atoms with E-state index in [1.54, 1.807) is 35.5 Å². The van der Waals surface area contributed by atoms with E-state index in [9.17, 15) is 24.3 Å². The van der Waals surface area contributed by atoms with Crippen molar-refractivity contribution < 1.29 is 33.4 Å². The molecule has 5 atom stereocenters. The number of thioether (sulfide) groups is 1. The van der Waals surface area contributed by atoms with Crippen LogP contribution in [-0.4, -0.2) is 68.8 Å². The number of amides is 3. The Bertz CT molecular complexity index is 1250. The Morgan fingerprint density at radius 2 is 1.76 bits per heavy atom. The van der Waals surface area contributed by atoms with Crippen LogP contribution in [0.1, 0.15) is 77.5 Å². The summed E-state index contributed by atoms with van der Waals surface area (Å²) in [7, 11) is 0. The Morgan fingerprint density at radius 1 is 1.04 bits per heavy atom. The molecule has 0 saturated carbocycles. The molecule has 0 unspecified atom stereocenters. The van der Waals surface area contributed by atoms with Crippen molar-refractivity contribution in [3.8, 4) is 0 Å². The highest BCUT2D eigenvalue weighted by Crippen LogP contribution is 2.20. The molecule has 0 aliphatic rings. The van der Waals surface area contributed by atoms with Crippen molar-refractivity contribution in [2.24, 2.45) is 23.7 Å². The Kier molecular flexibility index (Phi) is 16.4. The molecule has 13 heteroatoms. The number of aromatic nitrogens is 2. The standard InChI is InChI=1S/C33H53N5O7S/c1-20(2)14-27(35-32(42)25(11-13-46-8)17-29(40)45-19-38-24(7)16-23(6)37-38)28(39)15-22(5)31(41)36-30(21(3)4)33(43)34-18-26-10-9-12-44-26/h9-10,12,16,20-22,25,27-28,30,39H,11,13-15,17-19H2,1-8H3,(H,34,43)(H,35,42)(H,36,41)/t22-,25-,27+,28+,30+/m1/s1. The molecule has 0 spiro atoms. The summed E-state index contributed by atoms with van der Waals surface area (Å²) < 4.78 is 12.3. The van der Waals surface area contributed by atoms with Gasteiger partial charge in [0.2, 0.25) is 17.7 Å². The van der Waals surface area contributed by atoms with Gasteiger partial charge >= 0.3 is 5.97 Å². The number of aryl methyl sites for hydroxylation is 2. The Labute approximate surface area is 277 Å². The summed E-state index contributed by atoms with van der Waals surface area (Å²) in [4.78, 5) is 52.2. The molecule has 2 aromatic rings. The van der Waals surface area contributed by atoms with Crippen LogP contribution in [0.15, 0.2) is 28.9 Å². The second kappa shape index (κ2) is 19.4. The summed E-state index contributed by atoms with van der Waals surface area (Å²) in [5, 5.41) is 24.1. The molecule has 2 heterocycles. The molecular formula is C33H53N5O7S. The number of hydrogen-bond donors (Lipinski definition) is 4. The predicted octanol–water partition coefficient (Wildman–Crippen LogP) is 3.73. The molecule has 12 nitrogen and oxygen atoms in total. The topological polar surface area (TPSA) is 165 Å². The number of nitrogens with one attached hydrogen (secondary N) is 3. The molecule has 0 bridgehead atoms. The second-order valence-corrected chi connectivity index (χ2v) is 13.7. The number of aliphatic hydroxyl groups excluding tert-OH is 1. The molecular weight excluding hydrogens is 610 g/mol. The van der Waals surface area contributed by atoms with Gasteiger partial charge in [-0.15, -0.1) is 0 Å². The van der Waals surface area contributed by atoms with Crippen LogP contribution in [0.4, 0.5) is 0 Å². The maximum absolute atomic E-state index is 13.5. The van der Waals surface area contributed by atoms with E-state index in [1.165, 1.54) is 6.26 Å². The maximum Gasteiger partial charge on any atom is 0.308 e. The monoisotopic (exact) mass is 663 g/mol. The number of aliphatic hydroxyl groups is 1. The molecule has 0 saturated heterocycles. The number of carbonyl (C=O) groups is 4. The highest BCUT2D eigenvalue weighted by atomic mass is 32.2. The van der Waals surface area contributed by atoms with Crippen LogP contribution in [0.25, 0.3) is 0 Å². The summed E-state index contributed by atoms with van der Waals surface area (Å²) in [6.45, 7) is 13.2. The van der Waals surface area contributed by atoms with Gasteiger partial charge in [0.1, 0.15) is 11.8 Å². The Balaban J connectivity index is 2.01. The molecule has 2 rings (SSSR count). The first-order chi connectivity index (χ1) is 21.7. The molecule has 0 fully saturated rings. The number of ether oxygens (including phenoxy) is 1. The highest BCUT2D eigenvalue weighted by molar-refractivity contribution is 7.98. The SMILES string of the molecule is CSCC[C@H](CC(=O)OCn1nc(C)cc1C)C(=O)N[C@@H](CC(C)C)[C@@H](O)C[C@@H](C)C(=O)N[C@H](C(=O)NCc1ccco1)C(C)C. The van der Waals surface area contributed by atoms with Gasteiger partial charge in [-0.05, 0) is 75.2 Å². The first kappa shape index (κ1) is 38.9. The maximum atomic E-state index is 13.5. The largest absolute Gasteiger partial charge is 0.467 e. The summed E-state index contributed by atoms with van der Waals surface area (Å²) in [5.74, 6) is -1.60. The minimum absolute atomic E-state index is 0.0344. The molecule has 2 aromatic heterocycles. The van der Waals surface area contributed by atoms with Crippen LogP contribution in [0.2, 0.25) is 0 Å². The van der Waals surface area contributed by atoms with E-state index in [0.29, 0.717) is 24.4 Å². The van der Waals surface area contributed by atoms with Crippen LogP contribution in [0, 0.1) is 37.5 Å². The van der Waals surface area contributed by atoms with Crippen molar-refractivity contribution in [3.63, 3.8) is 0 Å².